The fourth-order valence-electron chi connectivity index (χ4n) is 2.45. The first-order chi connectivity index (χ1) is 8.69. The van der Waals surface area contributed by atoms with Crippen LogP contribution in [-0.2, 0) is 0 Å². The van der Waals surface area contributed by atoms with Crippen molar-refractivity contribution in [2.45, 2.75) is 45.1 Å². The lowest BCUT2D eigenvalue weighted by molar-refractivity contribution is 0.0694. The Bertz CT molecular complexity index is 411. The number of ether oxygens (including phenoxy) is 1. The maximum atomic E-state index is 10.8. The lowest BCUT2D eigenvalue weighted by Gasteiger charge is -2.28. The molecule has 1 heterocycles. The largest absolute Gasteiger partial charge is 0.489 e. The van der Waals surface area contributed by atoms with Gasteiger partial charge in [0.2, 0.25) is 0 Å². The molecule has 0 saturated heterocycles. The molecule has 4 nitrogen and oxygen atoms in total. The Balaban J connectivity index is 1.94. The molecule has 1 aromatic rings. The van der Waals surface area contributed by atoms with Crippen molar-refractivity contribution in [3.8, 4) is 5.75 Å². The second-order valence-electron chi connectivity index (χ2n) is 4.88. The molecule has 2 rings (SSSR count). The number of carboxylic acid groups (broad SMARTS) is 1. The van der Waals surface area contributed by atoms with Gasteiger partial charge in [0.05, 0.1) is 17.9 Å². The molecule has 1 saturated carbocycles. The second-order valence-corrected chi connectivity index (χ2v) is 4.88. The fraction of sp³-hybridized carbons (Fsp3) is 0.571. The molecular weight excluding hydrogens is 230 g/mol. The molecule has 0 bridgehead atoms. The first-order valence-corrected chi connectivity index (χ1v) is 6.54. The Labute approximate surface area is 107 Å². The monoisotopic (exact) mass is 249 g/mol. The van der Waals surface area contributed by atoms with Gasteiger partial charge in [0.15, 0.2) is 0 Å². The molecule has 1 fully saturated rings. The van der Waals surface area contributed by atoms with Crippen molar-refractivity contribution in [2.75, 3.05) is 0 Å². The molecule has 1 aromatic heterocycles. The molecule has 0 spiro atoms. The molecule has 4 heteroatoms. The van der Waals surface area contributed by atoms with Crippen LogP contribution in [0.1, 0.15) is 49.4 Å². The topological polar surface area (TPSA) is 59.4 Å². The van der Waals surface area contributed by atoms with E-state index in [0.29, 0.717) is 5.75 Å². The van der Waals surface area contributed by atoms with Gasteiger partial charge < -0.3 is 9.84 Å². The summed E-state index contributed by atoms with van der Waals surface area (Å²) in [4.78, 5) is 14.7. The smallest absolute Gasteiger partial charge is 0.337 e. The van der Waals surface area contributed by atoms with Crippen LogP contribution in [0.15, 0.2) is 18.5 Å². The van der Waals surface area contributed by atoms with E-state index in [-0.39, 0.29) is 11.7 Å². The Morgan fingerprint density at radius 1 is 1.39 bits per heavy atom. The zero-order valence-electron chi connectivity index (χ0n) is 10.6. The van der Waals surface area contributed by atoms with Gasteiger partial charge in [0.1, 0.15) is 5.75 Å². The van der Waals surface area contributed by atoms with E-state index < -0.39 is 5.97 Å². The van der Waals surface area contributed by atoms with Crippen molar-refractivity contribution in [1.29, 1.82) is 0 Å². The fourth-order valence-corrected chi connectivity index (χ4v) is 2.45. The number of nitrogens with zero attached hydrogens (tertiary/aromatic N) is 1. The molecule has 0 radical (unpaired) electrons. The van der Waals surface area contributed by atoms with Crippen molar-refractivity contribution in [3.63, 3.8) is 0 Å². The van der Waals surface area contributed by atoms with Crippen molar-refractivity contribution < 1.29 is 14.6 Å². The SMILES string of the molecule is CCC1CCC(Oc2cncc(C(=O)O)c2)CC1. The van der Waals surface area contributed by atoms with Crippen LogP contribution in [0.4, 0.5) is 0 Å². The predicted octanol–water partition coefficient (Wildman–Crippen LogP) is 3.13. The van der Waals surface area contributed by atoms with Gasteiger partial charge in [-0.05, 0) is 37.7 Å². The normalized spacial score (nSPS) is 23.6. The highest BCUT2D eigenvalue weighted by Crippen LogP contribution is 2.29. The maximum Gasteiger partial charge on any atom is 0.337 e. The quantitative estimate of drug-likeness (QED) is 0.890. The summed E-state index contributed by atoms with van der Waals surface area (Å²) in [6, 6.07) is 1.54. The van der Waals surface area contributed by atoms with Gasteiger partial charge in [-0.2, -0.15) is 0 Å². The van der Waals surface area contributed by atoms with Gasteiger partial charge in [-0.25, -0.2) is 4.79 Å². The van der Waals surface area contributed by atoms with Crippen LogP contribution in [0.3, 0.4) is 0 Å². The van der Waals surface area contributed by atoms with Crippen molar-refractivity contribution in [3.05, 3.63) is 24.0 Å². The summed E-state index contributed by atoms with van der Waals surface area (Å²) >= 11 is 0. The molecule has 18 heavy (non-hydrogen) atoms. The average Bonchev–Trinajstić information content (AvgIpc) is 2.40. The average molecular weight is 249 g/mol. The van der Waals surface area contributed by atoms with Gasteiger partial charge in [-0.3, -0.25) is 4.98 Å². The number of pyridine rings is 1. The number of hydrogen-bond acceptors (Lipinski definition) is 3. The number of aromatic carboxylic acids is 1. The summed E-state index contributed by atoms with van der Waals surface area (Å²) < 4.78 is 5.81. The highest BCUT2D eigenvalue weighted by Gasteiger charge is 2.21. The third-order valence-corrected chi connectivity index (χ3v) is 3.63. The van der Waals surface area contributed by atoms with Crippen LogP contribution >= 0.6 is 0 Å². The van der Waals surface area contributed by atoms with Crippen molar-refractivity contribution in [2.24, 2.45) is 5.92 Å². The van der Waals surface area contributed by atoms with E-state index in [0.717, 1.165) is 18.8 Å². The molecule has 0 unspecified atom stereocenters. The number of rotatable bonds is 4. The standard InChI is InChI=1S/C14H19NO3/c1-2-10-3-5-12(6-4-10)18-13-7-11(14(16)17)8-15-9-13/h7-10,12H,2-6H2,1H3,(H,16,17). The molecule has 0 aliphatic heterocycles. The second kappa shape index (κ2) is 5.85. The summed E-state index contributed by atoms with van der Waals surface area (Å²) in [6.07, 6.45) is 8.87. The number of carbonyl (C=O) groups is 1. The Kier molecular flexibility index (Phi) is 4.18. The van der Waals surface area contributed by atoms with Crippen LogP contribution in [0, 0.1) is 5.92 Å². The molecule has 1 N–H and O–H groups in total. The predicted molar refractivity (Wildman–Crippen MR) is 67.9 cm³/mol. The van der Waals surface area contributed by atoms with E-state index in [2.05, 4.69) is 11.9 Å². The third-order valence-electron chi connectivity index (χ3n) is 3.63. The summed E-state index contributed by atoms with van der Waals surface area (Å²) in [5, 5.41) is 8.89. The van der Waals surface area contributed by atoms with E-state index >= 15 is 0 Å². The molecule has 0 atom stereocenters. The van der Waals surface area contributed by atoms with Crippen molar-refractivity contribution >= 4 is 5.97 Å². The number of aromatic nitrogens is 1. The summed E-state index contributed by atoms with van der Waals surface area (Å²) in [7, 11) is 0. The van der Waals surface area contributed by atoms with Crippen LogP contribution in [-0.4, -0.2) is 22.2 Å². The Hall–Kier alpha value is -1.58. The van der Waals surface area contributed by atoms with E-state index in [4.69, 9.17) is 9.84 Å². The molecular formula is C14H19NO3. The first-order valence-electron chi connectivity index (χ1n) is 6.54. The molecule has 0 amide bonds. The van der Waals surface area contributed by atoms with Crippen LogP contribution in [0.5, 0.6) is 5.75 Å². The van der Waals surface area contributed by atoms with Gasteiger partial charge in [0, 0.05) is 6.20 Å². The lowest BCUT2D eigenvalue weighted by atomic mass is 9.86. The zero-order valence-corrected chi connectivity index (χ0v) is 10.6. The van der Waals surface area contributed by atoms with E-state index in [9.17, 15) is 4.79 Å². The first kappa shape index (κ1) is 12.9. The number of carboxylic acids is 1. The Morgan fingerprint density at radius 2 is 2.11 bits per heavy atom. The van der Waals surface area contributed by atoms with Gasteiger partial charge in [-0.1, -0.05) is 13.3 Å². The third kappa shape index (κ3) is 3.22. The van der Waals surface area contributed by atoms with Crippen LogP contribution in [0.25, 0.3) is 0 Å². The summed E-state index contributed by atoms with van der Waals surface area (Å²) in [6.45, 7) is 2.23. The minimum absolute atomic E-state index is 0.176. The Morgan fingerprint density at radius 3 is 2.72 bits per heavy atom. The van der Waals surface area contributed by atoms with E-state index in [1.165, 1.54) is 25.5 Å². The highest BCUT2D eigenvalue weighted by atomic mass is 16.5. The minimum atomic E-state index is -0.970. The molecule has 1 aliphatic carbocycles. The molecule has 1 aliphatic rings. The number of hydrogen-bond donors (Lipinski definition) is 1. The maximum absolute atomic E-state index is 10.8. The molecule has 98 valence electrons. The van der Waals surface area contributed by atoms with Gasteiger partial charge in [-0.15, -0.1) is 0 Å². The lowest BCUT2D eigenvalue weighted by Crippen LogP contribution is -2.24. The van der Waals surface area contributed by atoms with Crippen LogP contribution < -0.4 is 4.74 Å². The molecule has 0 aromatic carbocycles. The van der Waals surface area contributed by atoms with Gasteiger partial charge in [0.25, 0.3) is 0 Å². The van der Waals surface area contributed by atoms with Crippen molar-refractivity contribution in [1.82, 2.24) is 4.98 Å². The minimum Gasteiger partial charge on any atom is -0.489 e. The summed E-state index contributed by atoms with van der Waals surface area (Å²) in [5.41, 5.74) is 0.176. The zero-order chi connectivity index (χ0) is 13.0. The summed E-state index contributed by atoms with van der Waals surface area (Å²) in [5.74, 6) is 0.422. The van der Waals surface area contributed by atoms with E-state index in [1.54, 1.807) is 12.3 Å². The van der Waals surface area contributed by atoms with Crippen LogP contribution in [0.2, 0.25) is 0 Å². The van der Waals surface area contributed by atoms with E-state index in [1.807, 2.05) is 0 Å². The highest BCUT2D eigenvalue weighted by molar-refractivity contribution is 5.87. The van der Waals surface area contributed by atoms with Gasteiger partial charge >= 0.3 is 5.97 Å².